The number of hydrogen-bond donors (Lipinski definition) is 2. The van der Waals surface area contributed by atoms with E-state index in [1.165, 1.54) is 0 Å². The van der Waals surface area contributed by atoms with Crippen LogP contribution in [-0.2, 0) is 4.79 Å². The van der Waals surface area contributed by atoms with Crippen molar-refractivity contribution in [2.45, 2.75) is 19.0 Å². The normalized spacial score (nSPS) is 20.9. The average Bonchev–Trinajstić information content (AvgIpc) is 3.16. The molecule has 0 aliphatic carbocycles. The molecule has 1 aliphatic heterocycles. The lowest BCUT2D eigenvalue weighted by molar-refractivity contribution is -0.136. The molecule has 1 amide bonds. The smallest absolute Gasteiger partial charge is 0.229 e. The molecule has 0 bridgehead atoms. The number of benzene rings is 1. The molecule has 2 N–H and O–H groups in total. The minimum absolute atomic E-state index is 0.0120. The van der Waals surface area contributed by atoms with Crippen LogP contribution in [0.1, 0.15) is 30.1 Å². The summed E-state index contributed by atoms with van der Waals surface area (Å²) in [6.07, 6.45) is 3.50. The third-order valence-corrected chi connectivity index (χ3v) is 4.87. The van der Waals surface area contributed by atoms with Gasteiger partial charge in [-0.2, -0.15) is 0 Å². The second-order valence-corrected chi connectivity index (χ2v) is 6.29. The quantitative estimate of drug-likeness (QED) is 0.872. The van der Waals surface area contributed by atoms with Gasteiger partial charge in [0.15, 0.2) is 0 Å². The number of carbonyl (C=O) groups is 1. The largest absolute Gasteiger partial charge is 0.497 e. The maximum absolute atomic E-state index is 13.1. The predicted molar refractivity (Wildman–Crippen MR) is 95.8 cm³/mol. The van der Waals surface area contributed by atoms with Crippen molar-refractivity contribution < 1.29 is 9.53 Å². The van der Waals surface area contributed by atoms with Gasteiger partial charge in [-0.05, 0) is 42.3 Å². The first kappa shape index (κ1) is 17.4. The minimum Gasteiger partial charge on any atom is -0.497 e. The highest BCUT2D eigenvalue weighted by molar-refractivity contribution is 5.80. The molecular formula is C19H24N4O2. The van der Waals surface area contributed by atoms with Crippen LogP contribution in [0.4, 0.5) is 0 Å². The Balaban J connectivity index is 1.78. The second-order valence-electron chi connectivity index (χ2n) is 6.29. The molecule has 25 heavy (non-hydrogen) atoms. The van der Waals surface area contributed by atoms with Gasteiger partial charge in [0.25, 0.3) is 0 Å². The number of pyridine rings is 1. The van der Waals surface area contributed by atoms with Crippen molar-refractivity contribution in [3.8, 4) is 5.75 Å². The van der Waals surface area contributed by atoms with Crippen LogP contribution in [0.2, 0.25) is 0 Å². The predicted octanol–water partition coefficient (Wildman–Crippen LogP) is 2.07. The number of carbonyl (C=O) groups excluding carboxylic acids is 1. The van der Waals surface area contributed by atoms with E-state index in [1.54, 1.807) is 19.5 Å². The second kappa shape index (κ2) is 7.63. The Bertz CT molecular complexity index is 722. The number of methoxy groups -OCH3 is 1. The zero-order valence-corrected chi connectivity index (χ0v) is 14.8. The van der Waals surface area contributed by atoms with Gasteiger partial charge < -0.3 is 9.64 Å². The zero-order valence-electron chi connectivity index (χ0n) is 14.8. The summed E-state index contributed by atoms with van der Waals surface area (Å²) in [5, 5.41) is 0. The highest BCUT2D eigenvalue weighted by Gasteiger charge is 2.37. The van der Waals surface area contributed by atoms with E-state index in [4.69, 9.17) is 4.74 Å². The first-order chi connectivity index (χ1) is 12.1. The summed E-state index contributed by atoms with van der Waals surface area (Å²) in [6.45, 7) is 2.62. The molecule has 1 saturated heterocycles. The minimum atomic E-state index is -0.179. The topological polar surface area (TPSA) is 66.5 Å². The maximum Gasteiger partial charge on any atom is 0.229 e. The molecule has 3 unspecified atom stereocenters. The fraction of sp³-hybridized carbons (Fsp3) is 0.368. The molecule has 1 aromatic heterocycles. The van der Waals surface area contributed by atoms with E-state index < -0.39 is 0 Å². The van der Waals surface area contributed by atoms with Crippen molar-refractivity contribution in [3.05, 3.63) is 59.9 Å². The van der Waals surface area contributed by atoms with E-state index in [0.29, 0.717) is 6.54 Å². The summed E-state index contributed by atoms with van der Waals surface area (Å²) in [4.78, 5) is 18.9. The monoisotopic (exact) mass is 340 g/mol. The summed E-state index contributed by atoms with van der Waals surface area (Å²) in [6, 6.07) is 11.6. The number of ether oxygens (including phenoxy) is 1. The number of nitrogens with one attached hydrogen (secondary N) is 2. The lowest BCUT2D eigenvalue weighted by Crippen LogP contribution is -2.38. The van der Waals surface area contributed by atoms with E-state index in [-0.39, 0.29) is 23.9 Å². The van der Waals surface area contributed by atoms with Crippen molar-refractivity contribution in [1.82, 2.24) is 20.7 Å². The molecule has 0 saturated carbocycles. The molecule has 1 aromatic carbocycles. The van der Waals surface area contributed by atoms with E-state index in [1.807, 2.05) is 55.3 Å². The van der Waals surface area contributed by atoms with Gasteiger partial charge in [-0.25, -0.2) is 5.43 Å². The van der Waals surface area contributed by atoms with Gasteiger partial charge in [-0.1, -0.05) is 12.1 Å². The molecule has 1 aliphatic rings. The molecule has 132 valence electrons. The van der Waals surface area contributed by atoms with Gasteiger partial charge >= 0.3 is 0 Å². The first-order valence-electron chi connectivity index (χ1n) is 8.40. The molecule has 6 nitrogen and oxygen atoms in total. The van der Waals surface area contributed by atoms with E-state index in [9.17, 15) is 4.79 Å². The Morgan fingerprint density at radius 3 is 2.80 bits per heavy atom. The average molecular weight is 340 g/mol. The third kappa shape index (κ3) is 3.65. The van der Waals surface area contributed by atoms with Gasteiger partial charge in [0.05, 0.1) is 25.1 Å². The van der Waals surface area contributed by atoms with Crippen LogP contribution in [0.15, 0.2) is 48.8 Å². The molecular weight excluding hydrogens is 316 g/mol. The number of hydrogen-bond acceptors (Lipinski definition) is 5. The van der Waals surface area contributed by atoms with Crippen LogP contribution in [0.5, 0.6) is 5.75 Å². The maximum atomic E-state index is 13.1. The standard InChI is InChI=1S/C19H24N4O2/c1-13(14-7-9-20-10-8-14)23(2)19(24)17-12-21-22-18(17)15-5-4-6-16(11-15)25-3/h4-11,13,17-18,21-22H,12H2,1-3H3. The van der Waals surface area contributed by atoms with Crippen LogP contribution in [0, 0.1) is 5.92 Å². The van der Waals surface area contributed by atoms with Gasteiger partial charge in [-0.15, -0.1) is 0 Å². The number of amides is 1. The molecule has 3 atom stereocenters. The van der Waals surface area contributed by atoms with E-state index >= 15 is 0 Å². The lowest BCUT2D eigenvalue weighted by Gasteiger charge is -2.29. The summed E-state index contributed by atoms with van der Waals surface area (Å²) in [7, 11) is 3.50. The molecule has 0 spiro atoms. The van der Waals surface area contributed by atoms with Crippen LogP contribution in [-0.4, -0.2) is 36.5 Å². The Labute approximate surface area is 148 Å². The van der Waals surface area contributed by atoms with Crippen molar-refractivity contribution in [2.24, 2.45) is 5.92 Å². The Morgan fingerprint density at radius 2 is 2.08 bits per heavy atom. The molecule has 2 heterocycles. The molecule has 6 heteroatoms. The molecule has 1 fully saturated rings. The van der Waals surface area contributed by atoms with Crippen LogP contribution in [0.25, 0.3) is 0 Å². The van der Waals surface area contributed by atoms with Crippen LogP contribution < -0.4 is 15.6 Å². The van der Waals surface area contributed by atoms with Crippen molar-refractivity contribution >= 4 is 5.91 Å². The van der Waals surface area contributed by atoms with E-state index in [0.717, 1.165) is 16.9 Å². The zero-order chi connectivity index (χ0) is 17.8. The van der Waals surface area contributed by atoms with Crippen molar-refractivity contribution in [1.29, 1.82) is 0 Å². The summed E-state index contributed by atoms with van der Waals surface area (Å²) >= 11 is 0. The first-order valence-corrected chi connectivity index (χ1v) is 8.40. The SMILES string of the molecule is COc1cccc(C2NNCC2C(=O)N(C)C(C)c2ccncc2)c1. The van der Waals surface area contributed by atoms with E-state index in [2.05, 4.69) is 15.8 Å². The fourth-order valence-corrected chi connectivity index (χ4v) is 3.20. The third-order valence-electron chi connectivity index (χ3n) is 4.87. The van der Waals surface area contributed by atoms with Gasteiger partial charge in [0, 0.05) is 26.0 Å². The fourth-order valence-electron chi connectivity index (χ4n) is 3.20. The van der Waals surface area contributed by atoms with Crippen LogP contribution in [0.3, 0.4) is 0 Å². The molecule has 0 radical (unpaired) electrons. The Morgan fingerprint density at radius 1 is 1.32 bits per heavy atom. The highest BCUT2D eigenvalue weighted by Crippen LogP contribution is 2.30. The van der Waals surface area contributed by atoms with Gasteiger partial charge in [0.1, 0.15) is 5.75 Å². The number of rotatable bonds is 5. The summed E-state index contributed by atoms with van der Waals surface area (Å²) in [5.74, 6) is 0.715. The van der Waals surface area contributed by atoms with Crippen molar-refractivity contribution in [3.63, 3.8) is 0 Å². The number of aromatic nitrogens is 1. The number of hydrazine groups is 1. The van der Waals surface area contributed by atoms with Crippen LogP contribution >= 0.6 is 0 Å². The summed E-state index contributed by atoms with van der Waals surface area (Å²) in [5.41, 5.74) is 8.46. The number of nitrogens with zero attached hydrogens (tertiary/aromatic N) is 2. The molecule has 3 rings (SSSR count). The summed E-state index contributed by atoms with van der Waals surface area (Å²) < 4.78 is 5.30. The Kier molecular flexibility index (Phi) is 5.31. The van der Waals surface area contributed by atoms with Gasteiger partial charge in [-0.3, -0.25) is 15.2 Å². The van der Waals surface area contributed by atoms with Crippen molar-refractivity contribution in [2.75, 3.05) is 20.7 Å². The Hall–Kier alpha value is -2.44. The molecule has 2 aromatic rings. The highest BCUT2D eigenvalue weighted by atomic mass is 16.5. The lowest BCUT2D eigenvalue weighted by atomic mass is 9.93. The van der Waals surface area contributed by atoms with Gasteiger partial charge in [0.2, 0.25) is 5.91 Å².